The number of nitrogens with zero attached hydrogens (tertiary/aromatic N) is 4. The number of hydrogen-bond acceptors (Lipinski definition) is 10. The van der Waals surface area contributed by atoms with E-state index in [-0.39, 0.29) is 29.7 Å². The van der Waals surface area contributed by atoms with E-state index in [9.17, 15) is 20.2 Å². The number of nitrogens with two attached hydrogens (primary N) is 1. The van der Waals surface area contributed by atoms with Gasteiger partial charge in [-0.3, -0.25) is 25.1 Å². The van der Waals surface area contributed by atoms with E-state index in [1.54, 1.807) is 12.1 Å². The lowest BCUT2D eigenvalue weighted by Gasteiger charge is -2.36. The van der Waals surface area contributed by atoms with Crippen molar-refractivity contribution < 1.29 is 19.3 Å². The van der Waals surface area contributed by atoms with Crippen molar-refractivity contribution in [3.05, 3.63) is 84.6 Å². The minimum atomic E-state index is -0.626. The van der Waals surface area contributed by atoms with Crippen LogP contribution in [0.25, 0.3) is 6.08 Å². The number of benzene rings is 2. The fourth-order valence-electron chi connectivity index (χ4n) is 4.32. The number of likely N-dealkylation sites (N-methyl/N-ethyl adjacent to an activating group) is 1. The molecule has 1 unspecified atom stereocenters. The molecular formula is C23H25ClN6O6. The van der Waals surface area contributed by atoms with Crippen molar-refractivity contribution >= 4 is 35.8 Å². The Morgan fingerprint density at radius 1 is 1.06 bits per heavy atom. The van der Waals surface area contributed by atoms with Gasteiger partial charge in [0.05, 0.1) is 24.1 Å². The van der Waals surface area contributed by atoms with Gasteiger partial charge < -0.3 is 20.5 Å². The molecule has 3 N–H and O–H groups in total. The molecule has 1 atom stereocenters. The van der Waals surface area contributed by atoms with E-state index in [1.165, 1.54) is 38.5 Å². The van der Waals surface area contributed by atoms with Crippen LogP contribution in [-0.2, 0) is 0 Å². The summed E-state index contributed by atoms with van der Waals surface area (Å²) in [6.07, 6.45) is 1.81. The molecule has 2 heterocycles. The van der Waals surface area contributed by atoms with Crippen LogP contribution in [0.1, 0.15) is 17.2 Å². The molecule has 13 heteroatoms. The monoisotopic (exact) mass is 516 g/mol. The number of aliphatic imine (C=N–C) groups is 1. The van der Waals surface area contributed by atoms with Gasteiger partial charge in [-0.2, -0.15) is 0 Å². The van der Waals surface area contributed by atoms with Crippen LogP contribution in [-0.4, -0.2) is 55.1 Å². The Kier molecular flexibility index (Phi) is 7.80. The molecule has 0 radical (unpaired) electrons. The third-order valence-electron chi connectivity index (χ3n) is 5.85. The van der Waals surface area contributed by atoms with Crippen LogP contribution >= 0.6 is 12.4 Å². The highest BCUT2D eigenvalue weighted by molar-refractivity contribution is 5.85. The van der Waals surface area contributed by atoms with Gasteiger partial charge in [0, 0.05) is 54.2 Å². The standard InChI is InChI=1S/C23H24N6O6.ClH/c1-27-11-14(8-13-9-15(28(30)31)4-6-19(13)34-2)21-18(12-27)22(26-23(24)25-21)17-10-16(29(32)33)5-7-20(17)35-3;/h4-10,22H,11-12H2,1-3H3,(H3,24,25,26);1H/b14-8+;. The minimum Gasteiger partial charge on any atom is -0.496 e. The first-order chi connectivity index (χ1) is 16.7. The Labute approximate surface area is 212 Å². The number of nitro groups is 2. The molecule has 0 bridgehead atoms. The molecule has 2 aromatic carbocycles. The molecule has 2 aliphatic rings. The quantitative estimate of drug-likeness (QED) is 0.434. The summed E-state index contributed by atoms with van der Waals surface area (Å²) in [4.78, 5) is 28.4. The molecule has 0 spiro atoms. The van der Waals surface area contributed by atoms with Crippen LogP contribution in [0.4, 0.5) is 11.4 Å². The molecule has 0 saturated heterocycles. The van der Waals surface area contributed by atoms with Gasteiger partial charge >= 0.3 is 0 Å². The predicted octanol–water partition coefficient (Wildman–Crippen LogP) is 3.18. The summed E-state index contributed by atoms with van der Waals surface area (Å²) in [6.45, 7) is 1.03. The average molecular weight is 517 g/mol. The van der Waals surface area contributed by atoms with Crippen LogP contribution in [0.5, 0.6) is 11.5 Å². The van der Waals surface area contributed by atoms with Crippen molar-refractivity contribution in [1.29, 1.82) is 0 Å². The number of hydrogen-bond donors (Lipinski definition) is 2. The number of nitro benzene ring substituents is 2. The Bertz CT molecular complexity index is 1310. The Morgan fingerprint density at radius 2 is 1.67 bits per heavy atom. The number of non-ortho nitro benzene ring substituents is 2. The number of methoxy groups -OCH3 is 2. The Balaban J connectivity index is 0.00000361. The number of nitrogens with one attached hydrogen (secondary N) is 1. The van der Waals surface area contributed by atoms with Gasteiger partial charge in [0.1, 0.15) is 17.5 Å². The lowest BCUT2D eigenvalue weighted by molar-refractivity contribution is -0.385. The molecule has 4 rings (SSSR count). The molecule has 190 valence electrons. The zero-order valence-electron chi connectivity index (χ0n) is 19.8. The topological polar surface area (TPSA) is 158 Å². The van der Waals surface area contributed by atoms with E-state index >= 15 is 0 Å². The van der Waals surface area contributed by atoms with Gasteiger partial charge in [0.25, 0.3) is 11.4 Å². The fraction of sp³-hybridized carbons (Fsp3) is 0.261. The first-order valence-electron chi connectivity index (χ1n) is 10.6. The summed E-state index contributed by atoms with van der Waals surface area (Å²) in [5, 5.41) is 25.9. The Hall–Kier alpha value is -4.16. The molecule has 2 aliphatic heterocycles. The molecule has 2 aromatic rings. The molecule has 0 aromatic heterocycles. The van der Waals surface area contributed by atoms with Crippen LogP contribution in [0, 0.1) is 20.2 Å². The van der Waals surface area contributed by atoms with E-state index in [1.807, 2.05) is 18.0 Å². The second-order valence-corrected chi connectivity index (χ2v) is 8.15. The van der Waals surface area contributed by atoms with Gasteiger partial charge in [-0.1, -0.05) is 0 Å². The number of guanidine groups is 1. The van der Waals surface area contributed by atoms with Crippen LogP contribution < -0.4 is 20.5 Å². The molecule has 0 amide bonds. The summed E-state index contributed by atoms with van der Waals surface area (Å²) in [6, 6.07) is 8.11. The van der Waals surface area contributed by atoms with Crippen molar-refractivity contribution in [2.24, 2.45) is 10.7 Å². The van der Waals surface area contributed by atoms with E-state index in [2.05, 4.69) is 10.3 Å². The summed E-state index contributed by atoms with van der Waals surface area (Å²) in [7, 11) is 4.90. The van der Waals surface area contributed by atoms with Gasteiger partial charge in [-0.25, -0.2) is 4.99 Å². The maximum atomic E-state index is 11.4. The van der Waals surface area contributed by atoms with Gasteiger partial charge in [0.2, 0.25) is 0 Å². The highest BCUT2D eigenvalue weighted by Crippen LogP contribution is 2.41. The van der Waals surface area contributed by atoms with Crippen molar-refractivity contribution in [2.75, 3.05) is 34.4 Å². The molecule has 0 fully saturated rings. The normalized spacial score (nSPS) is 18.5. The summed E-state index contributed by atoms with van der Waals surface area (Å²) in [5.74, 6) is 1.07. The van der Waals surface area contributed by atoms with Crippen molar-refractivity contribution in [3.8, 4) is 11.5 Å². The largest absolute Gasteiger partial charge is 0.496 e. The molecule has 0 aliphatic carbocycles. The molecule has 36 heavy (non-hydrogen) atoms. The van der Waals surface area contributed by atoms with E-state index in [0.717, 1.165) is 11.1 Å². The summed E-state index contributed by atoms with van der Waals surface area (Å²) in [5.41, 5.74) is 9.40. The number of halogens is 1. The van der Waals surface area contributed by atoms with Gasteiger partial charge in [0.15, 0.2) is 5.96 Å². The van der Waals surface area contributed by atoms with Crippen LogP contribution in [0.3, 0.4) is 0 Å². The summed E-state index contributed by atoms with van der Waals surface area (Å²) >= 11 is 0. The van der Waals surface area contributed by atoms with E-state index < -0.39 is 15.9 Å². The van der Waals surface area contributed by atoms with Crippen molar-refractivity contribution in [3.63, 3.8) is 0 Å². The second-order valence-electron chi connectivity index (χ2n) is 8.15. The van der Waals surface area contributed by atoms with Gasteiger partial charge in [-0.05, 0) is 36.4 Å². The molecule has 0 saturated carbocycles. The molecular weight excluding hydrogens is 492 g/mol. The third kappa shape index (κ3) is 5.09. The zero-order valence-corrected chi connectivity index (χ0v) is 20.6. The predicted molar refractivity (Wildman–Crippen MR) is 137 cm³/mol. The van der Waals surface area contributed by atoms with E-state index in [4.69, 9.17) is 15.2 Å². The zero-order chi connectivity index (χ0) is 25.3. The van der Waals surface area contributed by atoms with Crippen LogP contribution in [0.2, 0.25) is 0 Å². The Morgan fingerprint density at radius 3 is 2.28 bits per heavy atom. The second kappa shape index (κ2) is 10.6. The van der Waals surface area contributed by atoms with Crippen LogP contribution in [0.15, 0.2) is 58.2 Å². The lowest BCUT2D eigenvalue weighted by atomic mass is 9.89. The van der Waals surface area contributed by atoms with E-state index in [0.29, 0.717) is 41.4 Å². The van der Waals surface area contributed by atoms with Crippen molar-refractivity contribution in [1.82, 2.24) is 10.2 Å². The highest BCUT2D eigenvalue weighted by Gasteiger charge is 2.33. The molecule has 12 nitrogen and oxygen atoms in total. The fourth-order valence-corrected chi connectivity index (χ4v) is 4.32. The maximum absolute atomic E-state index is 11.4. The third-order valence-corrected chi connectivity index (χ3v) is 5.85. The highest BCUT2D eigenvalue weighted by atomic mass is 35.5. The number of ether oxygens (including phenoxy) is 2. The average Bonchev–Trinajstić information content (AvgIpc) is 2.83. The van der Waals surface area contributed by atoms with Crippen molar-refractivity contribution in [2.45, 2.75) is 6.04 Å². The SMILES string of the molecule is COc1ccc([N+](=O)[O-])cc1/C=C1\CN(C)CC2=C1NC(N)=NC2c1cc([N+](=O)[O-])ccc1OC.Cl. The minimum absolute atomic E-state index is 0. The first kappa shape index (κ1) is 26.4. The lowest BCUT2D eigenvalue weighted by Crippen LogP contribution is -2.43. The smallest absolute Gasteiger partial charge is 0.270 e. The first-order valence-corrected chi connectivity index (χ1v) is 10.6. The number of rotatable bonds is 6. The summed E-state index contributed by atoms with van der Waals surface area (Å²) < 4.78 is 10.9. The maximum Gasteiger partial charge on any atom is 0.270 e. The van der Waals surface area contributed by atoms with Gasteiger partial charge in [-0.15, -0.1) is 12.4 Å².